The average molecular weight is 512 g/mol. The molecule has 1 spiro atoms. The van der Waals surface area contributed by atoms with Gasteiger partial charge in [-0.05, 0) is 49.2 Å². The van der Waals surface area contributed by atoms with E-state index in [1.807, 2.05) is 24.3 Å². The molecule has 1 aromatic carbocycles. The second-order valence-corrected chi connectivity index (χ2v) is 10.3. The van der Waals surface area contributed by atoms with Gasteiger partial charge < -0.3 is 19.7 Å². The lowest BCUT2D eigenvalue weighted by Gasteiger charge is -2.32. The smallest absolute Gasteiger partial charge is 0.278 e. The number of nitrogens with one attached hydrogen (secondary N) is 1. The minimum absolute atomic E-state index is 0.188. The molecule has 0 amide bonds. The van der Waals surface area contributed by atoms with Gasteiger partial charge in [-0.1, -0.05) is 24.3 Å². The highest BCUT2D eigenvalue weighted by atomic mass is 16.5. The molecule has 3 aromatic heterocycles. The quantitative estimate of drug-likeness (QED) is 0.410. The summed E-state index contributed by atoms with van der Waals surface area (Å²) in [6, 6.07) is 12.0. The molecule has 0 saturated heterocycles. The topological polar surface area (TPSA) is 99.3 Å². The van der Waals surface area contributed by atoms with Gasteiger partial charge in [0.05, 0.1) is 19.8 Å². The van der Waals surface area contributed by atoms with Crippen LogP contribution in [0.5, 0.6) is 5.88 Å². The molecule has 2 bridgehead atoms. The van der Waals surface area contributed by atoms with Gasteiger partial charge in [0.1, 0.15) is 12.0 Å². The second-order valence-electron chi connectivity index (χ2n) is 10.3. The zero-order valence-electron chi connectivity index (χ0n) is 21.3. The van der Waals surface area contributed by atoms with Crippen LogP contribution in [-0.2, 0) is 23.2 Å². The Morgan fingerprint density at radius 1 is 1.08 bits per heavy atom. The van der Waals surface area contributed by atoms with E-state index in [1.54, 1.807) is 21.6 Å². The summed E-state index contributed by atoms with van der Waals surface area (Å²) in [4.78, 5) is 29.7. The summed E-state index contributed by atoms with van der Waals surface area (Å²) in [6.07, 6.45) is 7.90. The Bertz CT molecular complexity index is 1620. The second kappa shape index (κ2) is 9.07. The molecule has 1 aliphatic carbocycles. The third-order valence-electron chi connectivity index (χ3n) is 7.54. The molecule has 38 heavy (non-hydrogen) atoms. The molecule has 3 aliphatic rings. The number of anilines is 2. The number of rotatable bonds is 2. The minimum Gasteiger partial charge on any atom is -0.475 e. The van der Waals surface area contributed by atoms with Crippen molar-refractivity contribution in [2.45, 2.75) is 31.3 Å². The summed E-state index contributed by atoms with van der Waals surface area (Å²) in [5.41, 5.74) is 4.37. The Hall–Kier alpha value is -4.02. The van der Waals surface area contributed by atoms with Crippen molar-refractivity contribution in [2.75, 3.05) is 38.7 Å². The Labute approximate surface area is 219 Å². The molecule has 2 aliphatic heterocycles. The number of hydrogen-bond donors (Lipinski definition) is 1. The highest BCUT2D eigenvalue weighted by Crippen LogP contribution is 2.52. The zero-order valence-corrected chi connectivity index (χ0v) is 21.3. The van der Waals surface area contributed by atoms with Gasteiger partial charge in [-0.2, -0.15) is 9.97 Å². The lowest BCUT2D eigenvalue weighted by Crippen LogP contribution is -2.35. The fourth-order valence-corrected chi connectivity index (χ4v) is 5.66. The molecule has 10 nitrogen and oxygen atoms in total. The van der Waals surface area contributed by atoms with Gasteiger partial charge in [0.2, 0.25) is 11.8 Å². The summed E-state index contributed by atoms with van der Waals surface area (Å²) in [5.74, 6) is 1.42. The number of allylic oxidation sites excluding steroid dienone is 1. The lowest BCUT2D eigenvalue weighted by atomic mass is 9.87. The molecule has 1 saturated carbocycles. The minimum atomic E-state index is -0.188. The van der Waals surface area contributed by atoms with Crippen LogP contribution in [0.4, 0.5) is 11.6 Å². The number of nitrogens with zero attached hydrogens (tertiary/aromatic N) is 6. The first-order valence-corrected chi connectivity index (χ1v) is 13.0. The molecule has 5 heterocycles. The molecule has 194 valence electrons. The predicted molar refractivity (Wildman–Crippen MR) is 143 cm³/mol. The molecule has 1 N–H and O–H groups in total. The third-order valence-corrected chi connectivity index (χ3v) is 7.54. The molecular weight excluding hydrogens is 482 g/mol. The van der Waals surface area contributed by atoms with E-state index in [9.17, 15) is 4.79 Å². The van der Waals surface area contributed by atoms with Crippen molar-refractivity contribution in [3.8, 4) is 11.7 Å². The van der Waals surface area contributed by atoms with E-state index in [1.165, 1.54) is 24.0 Å². The van der Waals surface area contributed by atoms with E-state index in [0.717, 1.165) is 18.8 Å². The van der Waals surface area contributed by atoms with E-state index in [-0.39, 0.29) is 5.56 Å². The number of hydrogen-bond acceptors (Lipinski definition) is 8. The summed E-state index contributed by atoms with van der Waals surface area (Å²) < 4.78 is 14.7. The van der Waals surface area contributed by atoms with Crippen molar-refractivity contribution < 1.29 is 9.47 Å². The van der Waals surface area contributed by atoms with E-state index < -0.39 is 0 Å². The number of benzene rings is 1. The molecule has 0 atom stereocenters. The highest BCUT2D eigenvalue weighted by molar-refractivity contribution is 5.77. The van der Waals surface area contributed by atoms with Crippen LogP contribution < -0.4 is 15.6 Å². The average Bonchev–Trinajstić information content (AvgIpc) is 3.61. The lowest BCUT2D eigenvalue weighted by molar-refractivity contribution is 0.119. The van der Waals surface area contributed by atoms with Crippen LogP contribution in [0, 0.1) is 0 Å². The van der Waals surface area contributed by atoms with Gasteiger partial charge >= 0.3 is 0 Å². The van der Waals surface area contributed by atoms with E-state index in [0.29, 0.717) is 60.5 Å². The van der Waals surface area contributed by atoms with Gasteiger partial charge in [0.15, 0.2) is 11.5 Å². The zero-order chi connectivity index (χ0) is 25.7. The normalized spacial score (nSPS) is 19.4. The van der Waals surface area contributed by atoms with Crippen LogP contribution >= 0.6 is 0 Å². The Balaban J connectivity index is 1.30. The largest absolute Gasteiger partial charge is 0.475 e. The summed E-state index contributed by atoms with van der Waals surface area (Å²) in [6.45, 7) is 3.68. The van der Waals surface area contributed by atoms with Crippen molar-refractivity contribution in [1.29, 1.82) is 0 Å². The number of likely N-dealkylation sites (N-methyl/N-ethyl adjacent to an activating group) is 1. The monoisotopic (exact) mass is 511 g/mol. The summed E-state index contributed by atoms with van der Waals surface area (Å²) in [5, 5.41) is 3.79. The fraction of sp³-hybridized carbons (Fsp3) is 0.357. The molecular formula is C28H29N7O3. The van der Waals surface area contributed by atoms with Crippen LogP contribution in [0.1, 0.15) is 24.0 Å². The molecule has 0 radical (unpaired) electrons. The maximum Gasteiger partial charge on any atom is 0.278 e. The number of aromatic nitrogens is 5. The highest BCUT2D eigenvalue weighted by Gasteiger charge is 2.48. The Morgan fingerprint density at radius 3 is 2.89 bits per heavy atom. The van der Waals surface area contributed by atoms with Gasteiger partial charge in [0, 0.05) is 36.5 Å². The van der Waals surface area contributed by atoms with Crippen molar-refractivity contribution in [3.63, 3.8) is 0 Å². The van der Waals surface area contributed by atoms with Crippen molar-refractivity contribution in [1.82, 2.24) is 29.2 Å². The Kier molecular flexibility index (Phi) is 5.52. The summed E-state index contributed by atoms with van der Waals surface area (Å²) in [7, 11) is 2.19. The number of fused-ring (bicyclic) bond motifs is 8. The van der Waals surface area contributed by atoms with Crippen LogP contribution in [0.25, 0.3) is 16.9 Å². The van der Waals surface area contributed by atoms with Crippen molar-refractivity contribution >= 4 is 22.7 Å². The maximum absolute atomic E-state index is 13.4. The molecule has 0 unspecified atom stereocenters. The molecule has 1 fully saturated rings. The molecule has 10 heteroatoms. The molecule has 7 rings (SSSR count). The summed E-state index contributed by atoms with van der Waals surface area (Å²) >= 11 is 0. The van der Waals surface area contributed by atoms with E-state index in [4.69, 9.17) is 14.5 Å². The maximum atomic E-state index is 13.4. The first kappa shape index (κ1) is 23.1. The number of ether oxygens (including phenoxy) is 2. The van der Waals surface area contributed by atoms with Crippen LogP contribution in [0.2, 0.25) is 0 Å². The number of pyridine rings is 1. The van der Waals surface area contributed by atoms with Crippen LogP contribution in [-0.4, -0.2) is 62.6 Å². The van der Waals surface area contributed by atoms with Gasteiger partial charge in [-0.25, -0.2) is 14.3 Å². The van der Waals surface area contributed by atoms with E-state index >= 15 is 0 Å². The predicted octanol–water partition coefficient (Wildman–Crippen LogP) is 3.16. The molecule has 4 aromatic rings. The first-order valence-electron chi connectivity index (χ1n) is 13.0. The van der Waals surface area contributed by atoms with E-state index in [2.05, 4.69) is 45.4 Å². The van der Waals surface area contributed by atoms with Crippen LogP contribution in [0.15, 0.2) is 59.5 Å². The fourth-order valence-electron chi connectivity index (χ4n) is 5.66. The van der Waals surface area contributed by atoms with Crippen LogP contribution in [0.3, 0.4) is 0 Å². The third kappa shape index (κ3) is 4.06. The van der Waals surface area contributed by atoms with Crippen molar-refractivity contribution in [2.24, 2.45) is 0 Å². The van der Waals surface area contributed by atoms with Crippen molar-refractivity contribution in [3.05, 3.63) is 76.2 Å². The van der Waals surface area contributed by atoms with Gasteiger partial charge in [-0.15, -0.1) is 0 Å². The first-order chi connectivity index (χ1) is 18.6. The Morgan fingerprint density at radius 2 is 2.00 bits per heavy atom. The SMILES string of the molecule is CN1Cc2cc(Nc3ncc4c(=O)n5n(c4n3)-c3cccc(n3)OCCOC/C=C/C5)ccc2C2(CC2)C1. The standard InChI is InChI=1S/C28H29N7O3/c1-33-17-19-15-20(7-8-22(19)28(18-33)9-10-28)30-27-29-16-21-25(32-27)35-23-5-4-6-24(31-23)38-14-13-37-12-3-2-11-34(35)26(21)36/h2-8,15-16H,9-14,17-18H2,1H3,(H,29,30,32)/b3-2+. The van der Waals surface area contributed by atoms with Gasteiger partial charge in [0.25, 0.3) is 5.56 Å². The van der Waals surface area contributed by atoms with Gasteiger partial charge in [-0.3, -0.25) is 4.79 Å².